The Morgan fingerprint density at radius 1 is 1.05 bits per heavy atom. The first-order valence-corrected chi connectivity index (χ1v) is 7.74. The first-order chi connectivity index (χ1) is 9.94. The molecule has 0 saturated carbocycles. The summed E-state index contributed by atoms with van der Waals surface area (Å²) in [6, 6.07) is 13.5. The number of aromatic hydroxyl groups is 1. The molecule has 108 valence electrons. The highest BCUT2D eigenvalue weighted by Crippen LogP contribution is 2.38. The molecule has 1 N–H and O–H groups in total. The van der Waals surface area contributed by atoms with Crippen LogP contribution >= 0.6 is 11.8 Å². The summed E-state index contributed by atoms with van der Waals surface area (Å²) < 4.78 is 6.04. The monoisotopic (exact) mass is 298 g/mol. The number of hydrogen-bond donors (Lipinski definition) is 1. The molecular weight excluding hydrogens is 280 g/mol. The third kappa shape index (κ3) is 2.93. The van der Waals surface area contributed by atoms with Crippen LogP contribution in [0.3, 0.4) is 0 Å². The first kappa shape index (κ1) is 14.1. The van der Waals surface area contributed by atoms with E-state index in [1.54, 1.807) is 23.9 Å². The van der Waals surface area contributed by atoms with Crippen molar-refractivity contribution < 1.29 is 9.84 Å². The zero-order valence-corrected chi connectivity index (χ0v) is 13.2. The van der Waals surface area contributed by atoms with Crippen LogP contribution in [0.25, 0.3) is 6.08 Å². The topological polar surface area (TPSA) is 29.5 Å². The van der Waals surface area contributed by atoms with Gasteiger partial charge in [0.2, 0.25) is 0 Å². The molecule has 0 spiro atoms. The molecule has 0 atom stereocenters. The van der Waals surface area contributed by atoms with Gasteiger partial charge in [-0.1, -0.05) is 17.8 Å². The second-order valence-electron chi connectivity index (χ2n) is 5.74. The van der Waals surface area contributed by atoms with Crippen LogP contribution in [0.1, 0.15) is 26.3 Å². The van der Waals surface area contributed by atoms with Gasteiger partial charge in [-0.2, -0.15) is 0 Å². The van der Waals surface area contributed by atoms with E-state index < -0.39 is 0 Å². The van der Waals surface area contributed by atoms with Crippen molar-refractivity contribution in [2.45, 2.75) is 36.2 Å². The average molecular weight is 298 g/mol. The number of benzene rings is 2. The highest BCUT2D eigenvalue weighted by molar-refractivity contribution is 7.99. The predicted molar refractivity (Wildman–Crippen MR) is 87.0 cm³/mol. The standard InChI is InChI=1S/C18H18O2S/c1-12-9-13-10-16(7-8-17(13)20-18(12,2)3)21-15-6-4-5-14(19)11-15/h4-11,19H,1-3H3. The van der Waals surface area contributed by atoms with Crippen molar-refractivity contribution in [1.82, 2.24) is 0 Å². The molecular formula is C18H18O2S. The van der Waals surface area contributed by atoms with Gasteiger partial charge in [0.25, 0.3) is 0 Å². The number of ether oxygens (including phenoxy) is 1. The van der Waals surface area contributed by atoms with Gasteiger partial charge in [-0.25, -0.2) is 0 Å². The highest BCUT2D eigenvalue weighted by Gasteiger charge is 2.27. The Balaban J connectivity index is 1.91. The molecule has 3 heteroatoms. The van der Waals surface area contributed by atoms with E-state index in [1.807, 2.05) is 18.2 Å². The zero-order valence-electron chi connectivity index (χ0n) is 12.4. The van der Waals surface area contributed by atoms with Crippen molar-refractivity contribution in [3.8, 4) is 11.5 Å². The summed E-state index contributed by atoms with van der Waals surface area (Å²) in [5, 5.41) is 9.53. The normalized spacial score (nSPS) is 15.9. The molecule has 0 amide bonds. The number of phenols is 1. The Labute approximate surface area is 129 Å². The minimum absolute atomic E-state index is 0.243. The Bertz CT molecular complexity index is 717. The lowest BCUT2D eigenvalue weighted by atomic mass is 9.94. The van der Waals surface area contributed by atoms with Gasteiger partial charge in [0.15, 0.2) is 0 Å². The van der Waals surface area contributed by atoms with Crippen LogP contribution in [0, 0.1) is 0 Å². The van der Waals surface area contributed by atoms with Crippen molar-refractivity contribution in [1.29, 1.82) is 0 Å². The number of hydrogen-bond acceptors (Lipinski definition) is 3. The van der Waals surface area contributed by atoms with Crippen molar-refractivity contribution in [2.75, 3.05) is 0 Å². The van der Waals surface area contributed by atoms with Crippen molar-refractivity contribution in [3.05, 3.63) is 53.6 Å². The zero-order chi connectivity index (χ0) is 15.0. The van der Waals surface area contributed by atoms with E-state index in [2.05, 4.69) is 39.0 Å². The SMILES string of the molecule is CC1=Cc2cc(Sc3cccc(O)c3)ccc2OC1(C)C. The smallest absolute Gasteiger partial charge is 0.127 e. The van der Waals surface area contributed by atoms with Crippen LogP contribution in [0.4, 0.5) is 0 Å². The van der Waals surface area contributed by atoms with Crippen molar-refractivity contribution in [2.24, 2.45) is 0 Å². The number of phenolic OH excluding ortho intramolecular Hbond substituents is 1. The molecule has 0 unspecified atom stereocenters. The summed E-state index contributed by atoms with van der Waals surface area (Å²) in [6.07, 6.45) is 2.19. The Morgan fingerprint density at radius 2 is 1.81 bits per heavy atom. The minimum atomic E-state index is -0.243. The molecule has 1 heterocycles. The van der Waals surface area contributed by atoms with Gasteiger partial charge in [0.05, 0.1) is 0 Å². The molecule has 21 heavy (non-hydrogen) atoms. The summed E-state index contributed by atoms with van der Waals surface area (Å²) in [4.78, 5) is 2.15. The first-order valence-electron chi connectivity index (χ1n) is 6.93. The fraction of sp³-hybridized carbons (Fsp3) is 0.222. The van der Waals surface area contributed by atoms with Crippen LogP contribution < -0.4 is 4.74 Å². The molecule has 1 aliphatic rings. The summed E-state index contributed by atoms with van der Waals surface area (Å²) in [7, 11) is 0. The lowest BCUT2D eigenvalue weighted by Gasteiger charge is -2.32. The molecule has 2 nitrogen and oxygen atoms in total. The van der Waals surface area contributed by atoms with Gasteiger partial charge in [-0.3, -0.25) is 0 Å². The van der Waals surface area contributed by atoms with E-state index in [9.17, 15) is 5.11 Å². The second kappa shape index (κ2) is 5.15. The lowest BCUT2D eigenvalue weighted by Crippen LogP contribution is -2.31. The second-order valence-corrected chi connectivity index (χ2v) is 6.89. The molecule has 0 saturated heterocycles. The average Bonchev–Trinajstić information content (AvgIpc) is 2.40. The van der Waals surface area contributed by atoms with Crippen molar-refractivity contribution in [3.63, 3.8) is 0 Å². The van der Waals surface area contributed by atoms with Crippen LogP contribution in [-0.4, -0.2) is 10.7 Å². The van der Waals surface area contributed by atoms with Crippen LogP contribution in [0.15, 0.2) is 57.8 Å². The van der Waals surface area contributed by atoms with Crippen LogP contribution in [-0.2, 0) is 0 Å². The molecule has 1 aliphatic heterocycles. The third-order valence-electron chi connectivity index (χ3n) is 3.72. The Hall–Kier alpha value is -1.87. The molecule has 0 radical (unpaired) electrons. The molecule has 0 aromatic heterocycles. The maximum atomic E-state index is 9.53. The van der Waals surface area contributed by atoms with Gasteiger partial charge in [-0.15, -0.1) is 0 Å². The predicted octanol–water partition coefficient (Wildman–Crippen LogP) is 5.12. The van der Waals surface area contributed by atoms with Crippen molar-refractivity contribution >= 4 is 17.8 Å². The fourth-order valence-corrected chi connectivity index (χ4v) is 3.16. The van der Waals surface area contributed by atoms with Gasteiger partial charge in [-0.05, 0) is 68.8 Å². The van der Waals surface area contributed by atoms with Gasteiger partial charge in [0.1, 0.15) is 17.1 Å². The molecule has 0 fully saturated rings. The van der Waals surface area contributed by atoms with Crippen LogP contribution in [0.2, 0.25) is 0 Å². The van der Waals surface area contributed by atoms with E-state index in [4.69, 9.17) is 4.74 Å². The third-order valence-corrected chi connectivity index (χ3v) is 4.70. The molecule has 3 rings (SSSR count). The van der Waals surface area contributed by atoms with E-state index >= 15 is 0 Å². The largest absolute Gasteiger partial charge is 0.508 e. The molecule has 0 aliphatic carbocycles. The van der Waals surface area contributed by atoms with E-state index in [0.717, 1.165) is 21.1 Å². The van der Waals surface area contributed by atoms with Gasteiger partial charge >= 0.3 is 0 Å². The molecule has 0 bridgehead atoms. The summed E-state index contributed by atoms with van der Waals surface area (Å²) >= 11 is 1.63. The fourth-order valence-electron chi connectivity index (χ4n) is 2.24. The van der Waals surface area contributed by atoms with Gasteiger partial charge < -0.3 is 9.84 Å². The lowest BCUT2D eigenvalue weighted by molar-refractivity contribution is 0.145. The number of rotatable bonds is 2. The molecule has 2 aromatic carbocycles. The highest BCUT2D eigenvalue weighted by atomic mass is 32.2. The minimum Gasteiger partial charge on any atom is -0.508 e. The van der Waals surface area contributed by atoms with E-state index in [0.29, 0.717) is 5.75 Å². The summed E-state index contributed by atoms with van der Waals surface area (Å²) in [5.74, 6) is 1.21. The Morgan fingerprint density at radius 3 is 2.57 bits per heavy atom. The molecule has 2 aromatic rings. The van der Waals surface area contributed by atoms with Gasteiger partial charge in [0, 0.05) is 15.4 Å². The maximum absolute atomic E-state index is 9.53. The van der Waals surface area contributed by atoms with E-state index in [1.165, 1.54) is 5.57 Å². The van der Waals surface area contributed by atoms with E-state index in [-0.39, 0.29) is 5.60 Å². The summed E-state index contributed by atoms with van der Waals surface area (Å²) in [6.45, 7) is 6.26. The van der Waals surface area contributed by atoms with Crippen LogP contribution in [0.5, 0.6) is 11.5 Å². The number of fused-ring (bicyclic) bond motifs is 1. The maximum Gasteiger partial charge on any atom is 0.127 e. The Kier molecular flexibility index (Phi) is 3.46. The summed E-state index contributed by atoms with van der Waals surface area (Å²) in [5.41, 5.74) is 2.08. The quantitative estimate of drug-likeness (QED) is 0.834.